The van der Waals surface area contributed by atoms with Gasteiger partial charge in [0.2, 0.25) is 0 Å². The Hall–Kier alpha value is -1.68. The zero-order valence-electron chi connectivity index (χ0n) is 9.01. The first-order valence-corrected chi connectivity index (χ1v) is 5.03. The molecular formula is C12H14O4. The molecule has 0 spiro atoms. The highest BCUT2D eigenvalue weighted by Crippen LogP contribution is 2.18. The maximum absolute atomic E-state index is 11.7. The van der Waals surface area contributed by atoms with E-state index in [0.717, 1.165) is 0 Å². The summed E-state index contributed by atoms with van der Waals surface area (Å²) in [6.07, 6.45) is -0.399. The van der Waals surface area contributed by atoms with Gasteiger partial charge in [0.15, 0.2) is 11.4 Å². The number of carboxylic acids is 1. The van der Waals surface area contributed by atoms with Crippen LogP contribution in [-0.2, 0) is 4.79 Å². The van der Waals surface area contributed by atoms with Gasteiger partial charge in [-0.2, -0.15) is 0 Å². The lowest BCUT2D eigenvalue weighted by Crippen LogP contribution is -2.40. The van der Waals surface area contributed by atoms with Crippen molar-refractivity contribution in [3.8, 4) is 0 Å². The Balaban J connectivity index is 2.82. The zero-order valence-corrected chi connectivity index (χ0v) is 9.01. The van der Waals surface area contributed by atoms with Crippen LogP contribution in [0.2, 0.25) is 0 Å². The predicted octanol–water partition coefficient (Wildman–Crippen LogP) is 1.49. The summed E-state index contributed by atoms with van der Waals surface area (Å²) in [6, 6.07) is 8.35. The molecule has 4 nitrogen and oxygen atoms in total. The third-order valence-corrected chi connectivity index (χ3v) is 2.53. The smallest absolute Gasteiger partial charge is 0.336 e. The summed E-state index contributed by atoms with van der Waals surface area (Å²) < 4.78 is 0. The SMILES string of the molecule is CCC(O)(CC(=O)c1ccccc1)C(=O)O. The largest absolute Gasteiger partial charge is 0.479 e. The number of ketones is 1. The fraction of sp³-hybridized carbons (Fsp3) is 0.333. The highest BCUT2D eigenvalue weighted by Gasteiger charge is 2.36. The highest BCUT2D eigenvalue weighted by molar-refractivity contribution is 5.99. The Labute approximate surface area is 93.5 Å². The Bertz CT molecular complexity index is 385. The van der Waals surface area contributed by atoms with Crippen LogP contribution in [0.1, 0.15) is 30.1 Å². The van der Waals surface area contributed by atoms with Crippen LogP contribution < -0.4 is 0 Å². The summed E-state index contributed by atoms with van der Waals surface area (Å²) in [7, 11) is 0. The monoisotopic (exact) mass is 222 g/mol. The van der Waals surface area contributed by atoms with Crippen LogP contribution in [0.25, 0.3) is 0 Å². The fourth-order valence-electron chi connectivity index (χ4n) is 1.34. The summed E-state index contributed by atoms with van der Waals surface area (Å²) in [6.45, 7) is 1.53. The van der Waals surface area contributed by atoms with Gasteiger partial charge in [0, 0.05) is 5.56 Å². The number of aliphatic hydroxyl groups is 1. The molecule has 4 heteroatoms. The summed E-state index contributed by atoms with van der Waals surface area (Å²) >= 11 is 0. The molecule has 1 rings (SSSR count). The van der Waals surface area contributed by atoms with E-state index in [2.05, 4.69) is 0 Å². The van der Waals surface area contributed by atoms with Crippen molar-refractivity contribution < 1.29 is 19.8 Å². The summed E-state index contributed by atoms with van der Waals surface area (Å²) in [4.78, 5) is 22.5. The van der Waals surface area contributed by atoms with Gasteiger partial charge < -0.3 is 10.2 Å². The van der Waals surface area contributed by atoms with E-state index in [1.807, 2.05) is 0 Å². The third-order valence-electron chi connectivity index (χ3n) is 2.53. The average Bonchev–Trinajstić information content (AvgIpc) is 2.29. The van der Waals surface area contributed by atoms with Gasteiger partial charge in [0.05, 0.1) is 6.42 Å². The molecule has 86 valence electrons. The number of aliphatic carboxylic acids is 1. The van der Waals surface area contributed by atoms with Crippen molar-refractivity contribution in [3.05, 3.63) is 35.9 Å². The molecule has 0 radical (unpaired) electrons. The molecular weight excluding hydrogens is 208 g/mol. The van der Waals surface area contributed by atoms with Crippen molar-refractivity contribution in [3.63, 3.8) is 0 Å². The van der Waals surface area contributed by atoms with E-state index in [1.54, 1.807) is 30.3 Å². The van der Waals surface area contributed by atoms with E-state index < -0.39 is 18.0 Å². The third kappa shape index (κ3) is 2.67. The first-order valence-electron chi connectivity index (χ1n) is 5.03. The van der Waals surface area contributed by atoms with Gasteiger partial charge in [-0.15, -0.1) is 0 Å². The molecule has 0 aromatic heterocycles. The summed E-state index contributed by atoms with van der Waals surface area (Å²) in [5.74, 6) is -1.73. The highest BCUT2D eigenvalue weighted by atomic mass is 16.4. The summed E-state index contributed by atoms with van der Waals surface area (Å²) in [5, 5.41) is 18.5. The van der Waals surface area contributed by atoms with Gasteiger partial charge >= 0.3 is 5.97 Å². The van der Waals surface area contributed by atoms with Crippen molar-refractivity contribution in [2.45, 2.75) is 25.4 Å². The van der Waals surface area contributed by atoms with E-state index in [0.29, 0.717) is 5.56 Å². The Kier molecular flexibility index (Phi) is 3.79. The van der Waals surface area contributed by atoms with Gasteiger partial charge in [-0.25, -0.2) is 4.79 Å². The van der Waals surface area contributed by atoms with Crippen LogP contribution in [0.15, 0.2) is 30.3 Å². The van der Waals surface area contributed by atoms with Crippen LogP contribution in [0.4, 0.5) is 0 Å². The number of rotatable bonds is 5. The summed E-state index contributed by atoms with van der Waals surface area (Å²) in [5.41, 5.74) is -1.55. The molecule has 2 N–H and O–H groups in total. The van der Waals surface area contributed by atoms with Crippen molar-refractivity contribution in [1.82, 2.24) is 0 Å². The maximum Gasteiger partial charge on any atom is 0.336 e. The molecule has 0 fully saturated rings. The number of carbonyl (C=O) groups excluding carboxylic acids is 1. The normalized spacial score (nSPS) is 14.1. The first-order chi connectivity index (χ1) is 7.49. The average molecular weight is 222 g/mol. The first kappa shape index (κ1) is 12.4. The Morgan fingerprint density at radius 1 is 1.25 bits per heavy atom. The van der Waals surface area contributed by atoms with Crippen LogP contribution in [0.3, 0.4) is 0 Å². The molecule has 1 aromatic rings. The molecule has 1 aromatic carbocycles. The number of carbonyl (C=O) groups is 2. The molecule has 0 aliphatic rings. The zero-order chi connectivity index (χ0) is 12.2. The van der Waals surface area contributed by atoms with E-state index >= 15 is 0 Å². The van der Waals surface area contributed by atoms with Gasteiger partial charge in [0.1, 0.15) is 0 Å². The lowest BCUT2D eigenvalue weighted by atomic mass is 9.91. The van der Waals surface area contributed by atoms with Crippen LogP contribution in [0.5, 0.6) is 0 Å². The standard InChI is InChI=1S/C12H14O4/c1-2-12(16,11(14)15)8-10(13)9-6-4-3-5-7-9/h3-7,16H,2,8H2,1H3,(H,14,15). The van der Waals surface area contributed by atoms with Crippen molar-refractivity contribution >= 4 is 11.8 Å². The van der Waals surface area contributed by atoms with E-state index in [1.165, 1.54) is 6.92 Å². The molecule has 0 saturated heterocycles. The second-order valence-corrected chi connectivity index (χ2v) is 3.66. The molecule has 16 heavy (non-hydrogen) atoms. The van der Waals surface area contributed by atoms with Crippen LogP contribution in [-0.4, -0.2) is 27.6 Å². The van der Waals surface area contributed by atoms with Gasteiger partial charge in [-0.1, -0.05) is 37.3 Å². The minimum atomic E-state index is -1.97. The van der Waals surface area contributed by atoms with Crippen LogP contribution in [0, 0.1) is 0 Å². The number of hydrogen-bond donors (Lipinski definition) is 2. The molecule has 1 atom stereocenters. The minimum Gasteiger partial charge on any atom is -0.479 e. The van der Waals surface area contributed by atoms with E-state index in [-0.39, 0.29) is 12.2 Å². The molecule has 0 saturated carbocycles. The lowest BCUT2D eigenvalue weighted by Gasteiger charge is -2.20. The molecule has 0 aliphatic carbocycles. The number of benzene rings is 1. The quantitative estimate of drug-likeness (QED) is 0.740. The minimum absolute atomic E-state index is 0.000900. The van der Waals surface area contributed by atoms with E-state index in [9.17, 15) is 14.7 Å². The molecule has 0 heterocycles. The molecule has 0 bridgehead atoms. The second kappa shape index (κ2) is 4.90. The maximum atomic E-state index is 11.7. The predicted molar refractivity (Wildman–Crippen MR) is 58.3 cm³/mol. The van der Waals surface area contributed by atoms with Crippen molar-refractivity contribution in [1.29, 1.82) is 0 Å². The number of Topliss-reactive ketones (excluding diaryl/α,β-unsaturated/α-hetero) is 1. The molecule has 0 amide bonds. The topological polar surface area (TPSA) is 74.6 Å². The number of hydrogen-bond acceptors (Lipinski definition) is 3. The molecule has 1 unspecified atom stereocenters. The van der Waals surface area contributed by atoms with Gasteiger partial charge in [-0.3, -0.25) is 4.79 Å². The molecule has 0 aliphatic heterocycles. The van der Waals surface area contributed by atoms with Gasteiger partial charge in [-0.05, 0) is 6.42 Å². The van der Waals surface area contributed by atoms with Gasteiger partial charge in [0.25, 0.3) is 0 Å². The van der Waals surface area contributed by atoms with Crippen molar-refractivity contribution in [2.24, 2.45) is 0 Å². The van der Waals surface area contributed by atoms with Crippen molar-refractivity contribution in [2.75, 3.05) is 0 Å². The second-order valence-electron chi connectivity index (χ2n) is 3.66. The fourth-order valence-corrected chi connectivity index (χ4v) is 1.34. The van der Waals surface area contributed by atoms with E-state index in [4.69, 9.17) is 5.11 Å². The van der Waals surface area contributed by atoms with Crippen LogP contribution >= 0.6 is 0 Å². The Morgan fingerprint density at radius 2 is 1.81 bits per heavy atom. The lowest BCUT2D eigenvalue weighted by molar-refractivity contribution is -0.158. The Morgan fingerprint density at radius 3 is 2.25 bits per heavy atom. The number of carboxylic acid groups (broad SMARTS) is 1.